The van der Waals surface area contributed by atoms with Gasteiger partial charge < -0.3 is 15.3 Å². The number of likely N-dealkylation sites (tertiary alicyclic amines) is 1. The number of carbonyl (C=O) groups excluding carboxylic acids is 1. The lowest BCUT2D eigenvalue weighted by Crippen LogP contribution is -2.47. The summed E-state index contributed by atoms with van der Waals surface area (Å²) in [4.78, 5) is 18.0. The van der Waals surface area contributed by atoms with Gasteiger partial charge in [-0.15, -0.1) is 11.3 Å². The smallest absolute Gasteiger partial charge is 0.318 e. The number of aliphatic hydroxyl groups excluding tert-OH is 1. The van der Waals surface area contributed by atoms with E-state index in [0.717, 1.165) is 23.5 Å². The van der Waals surface area contributed by atoms with Gasteiger partial charge in [0, 0.05) is 18.5 Å². The number of carbonyl (C=O) groups is 1. The lowest BCUT2D eigenvalue weighted by molar-refractivity contribution is 0.0834. The van der Waals surface area contributed by atoms with Crippen molar-refractivity contribution in [3.05, 3.63) is 16.1 Å². The fourth-order valence-corrected chi connectivity index (χ4v) is 2.77. The first-order valence-corrected chi connectivity index (χ1v) is 7.09. The standard InChI is InChI=1S/C12H19N3O2S/c1-8(11-7-18-9(2)14-11)13-12(17)15-5-3-4-10(16)6-15/h7-8,10,16H,3-6H2,1-2H3,(H,13,17). The van der Waals surface area contributed by atoms with Crippen LogP contribution in [-0.2, 0) is 0 Å². The number of aliphatic hydroxyl groups is 1. The number of aromatic nitrogens is 1. The average Bonchev–Trinajstić information content (AvgIpc) is 2.76. The van der Waals surface area contributed by atoms with Crippen LogP contribution in [-0.4, -0.2) is 40.2 Å². The van der Waals surface area contributed by atoms with E-state index in [-0.39, 0.29) is 18.2 Å². The molecule has 2 N–H and O–H groups in total. The fourth-order valence-electron chi connectivity index (χ4n) is 2.07. The summed E-state index contributed by atoms with van der Waals surface area (Å²) in [7, 11) is 0. The van der Waals surface area contributed by atoms with Crippen LogP contribution in [0, 0.1) is 6.92 Å². The van der Waals surface area contributed by atoms with Gasteiger partial charge in [0.2, 0.25) is 0 Å². The number of amides is 2. The van der Waals surface area contributed by atoms with E-state index in [0.29, 0.717) is 13.1 Å². The highest BCUT2D eigenvalue weighted by Crippen LogP contribution is 2.17. The lowest BCUT2D eigenvalue weighted by Gasteiger charge is -2.31. The highest BCUT2D eigenvalue weighted by Gasteiger charge is 2.23. The molecular weight excluding hydrogens is 250 g/mol. The largest absolute Gasteiger partial charge is 0.391 e. The van der Waals surface area contributed by atoms with Crippen molar-refractivity contribution in [2.75, 3.05) is 13.1 Å². The summed E-state index contributed by atoms with van der Waals surface area (Å²) in [5, 5.41) is 15.4. The Morgan fingerprint density at radius 3 is 3.11 bits per heavy atom. The van der Waals surface area contributed by atoms with Gasteiger partial charge in [-0.3, -0.25) is 0 Å². The highest BCUT2D eigenvalue weighted by atomic mass is 32.1. The zero-order valence-corrected chi connectivity index (χ0v) is 11.5. The third kappa shape index (κ3) is 3.20. The second-order valence-electron chi connectivity index (χ2n) is 4.70. The third-order valence-corrected chi connectivity index (χ3v) is 3.90. The lowest BCUT2D eigenvalue weighted by atomic mass is 10.1. The summed E-state index contributed by atoms with van der Waals surface area (Å²) >= 11 is 1.58. The number of hydrogen-bond acceptors (Lipinski definition) is 4. The van der Waals surface area contributed by atoms with Crippen molar-refractivity contribution in [1.29, 1.82) is 0 Å². The molecule has 1 aromatic rings. The van der Waals surface area contributed by atoms with Gasteiger partial charge in [-0.05, 0) is 26.7 Å². The second-order valence-corrected chi connectivity index (χ2v) is 5.77. The quantitative estimate of drug-likeness (QED) is 0.858. The number of piperidine rings is 1. The van der Waals surface area contributed by atoms with Crippen molar-refractivity contribution < 1.29 is 9.90 Å². The molecule has 2 unspecified atom stereocenters. The first kappa shape index (κ1) is 13.3. The Morgan fingerprint density at radius 1 is 1.72 bits per heavy atom. The predicted molar refractivity (Wildman–Crippen MR) is 70.6 cm³/mol. The maximum absolute atomic E-state index is 12.0. The Labute approximate surface area is 111 Å². The van der Waals surface area contributed by atoms with Crippen molar-refractivity contribution in [2.24, 2.45) is 0 Å². The summed E-state index contributed by atoms with van der Waals surface area (Å²) in [5.41, 5.74) is 0.892. The fraction of sp³-hybridized carbons (Fsp3) is 0.667. The molecule has 2 amide bonds. The molecule has 0 aromatic carbocycles. The van der Waals surface area contributed by atoms with E-state index in [1.165, 1.54) is 0 Å². The molecule has 1 fully saturated rings. The molecule has 2 atom stereocenters. The number of thiazole rings is 1. The molecule has 5 nitrogen and oxygen atoms in total. The molecule has 2 heterocycles. The summed E-state index contributed by atoms with van der Waals surface area (Å²) in [6.45, 7) is 5.01. The number of hydrogen-bond donors (Lipinski definition) is 2. The molecule has 2 rings (SSSR count). The van der Waals surface area contributed by atoms with Crippen molar-refractivity contribution in [3.8, 4) is 0 Å². The van der Waals surface area contributed by atoms with Crippen LogP contribution in [0.25, 0.3) is 0 Å². The SMILES string of the molecule is Cc1nc(C(C)NC(=O)N2CCCC(O)C2)cs1. The number of nitrogens with zero attached hydrogens (tertiary/aromatic N) is 2. The normalized spacial score (nSPS) is 21.7. The molecule has 18 heavy (non-hydrogen) atoms. The topological polar surface area (TPSA) is 65.5 Å². The molecule has 100 valence electrons. The van der Waals surface area contributed by atoms with E-state index in [4.69, 9.17) is 0 Å². The number of nitrogens with one attached hydrogen (secondary N) is 1. The highest BCUT2D eigenvalue weighted by molar-refractivity contribution is 7.09. The van der Waals surface area contributed by atoms with Crippen LogP contribution in [0.2, 0.25) is 0 Å². The van der Waals surface area contributed by atoms with Gasteiger partial charge in [-0.25, -0.2) is 9.78 Å². The Kier molecular flexibility index (Phi) is 4.19. The molecule has 1 aliphatic heterocycles. The Morgan fingerprint density at radius 2 is 2.50 bits per heavy atom. The van der Waals surface area contributed by atoms with E-state index < -0.39 is 0 Å². The minimum Gasteiger partial charge on any atom is -0.391 e. The Bertz CT molecular complexity index is 421. The molecule has 0 radical (unpaired) electrons. The zero-order valence-electron chi connectivity index (χ0n) is 10.7. The molecule has 6 heteroatoms. The number of urea groups is 1. The van der Waals surface area contributed by atoms with Crippen LogP contribution >= 0.6 is 11.3 Å². The molecule has 1 aliphatic rings. The van der Waals surface area contributed by atoms with Gasteiger partial charge >= 0.3 is 6.03 Å². The molecule has 0 saturated carbocycles. The molecule has 1 aromatic heterocycles. The first-order chi connectivity index (χ1) is 8.56. The van der Waals surface area contributed by atoms with E-state index in [1.54, 1.807) is 16.2 Å². The maximum Gasteiger partial charge on any atom is 0.318 e. The van der Waals surface area contributed by atoms with Crippen LogP contribution < -0.4 is 5.32 Å². The van der Waals surface area contributed by atoms with Crippen LogP contribution in [0.5, 0.6) is 0 Å². The van der Waals surface area contributed by atoms with E-state index in [9.17, 15) is 9.90 Å². The average molecular weight is 269 g/mol. The van der Waals surface area contributed by atoms with Gasteiger partial charge in [0.05, 0.1) is 22.8 Å². The first-order valence-electron chi connectivity index (χ1n) is 6.22. The van der Waals surface area contributed by atoms with Crippen LogP contribution in [0.3, 0.4) is 0 Å². The van der Waals surface area contributed by atoms with Gasteiger partial charge in [0.15, 0.2) is 0 Å². The number of β-amino-alcohol motifs (C(OH)–C–C–N with tert-alkyl or cyclic N) is 1. The second kappa shape index (κ2) is 5.67. The molecule has 1 saturated heterocycles. The zero-order chi connectivity index (χ0) is 13.1. The number of rotatable bonds is 2. The summed E-state index contributed by atoms with van der Waals surface area (Å²) in [6, 6.07) is -0.214. The molecule has 0 bridgehead atoms. The molecule has 0 spiro atoms. The number of aryl methyl sites for hydroxylation is 1. The minimum absolute atomic E-state index is 0.0958. The Hall–Kier alpha value is -1.14. The molecular formula is C12H19N3O2S. The van der Waals surface area contributed by atoms with E-state index in [1.807, 2.05) is 19.2 Å². The van der Waals surface area contributed by atoms with Gasteiger partial charge in [0.1, 0.15) is 0 Å². The third-order valence-electron chi connectivity index (χ3n) is 3.10. The van der Waals surface area contributed by atoms with Crippen molar-refractivity contribution >= 4 is 17.4 Å². The van der Waals surface area contributed by atoms with Gasteiger partial charge in [-0.1, -0.05) is 0 Å². The monoisotopic (exact) mass is 269 g/mol. The van der Waals surface area contributed by atoms with Crippen molar-refractivity contribution in [3.63, 3.8) is 0 Å². The van der Waals surface area contributed by atoms with Crippen molar-refractivity contribution in [1.82, 2.24) is 15.2 Å². The van der Waals surface area contributed by atoms with Crippen molar-refractivity contribution in [2.45, 2.75) is 38.8 Å². The predicted octanol–water partition coefficient (Wildman–Crippen LogP) is 1.68. The van der Waals surface area contributed by atoms with E-state index >= 15 is 0 Å². The maximum atomic E-state index is 12.0. The molecule has 0 aliphatic carbocycles. The Balaban J connectivity index is 1.90. The van der Waals surface area contributed by atoms with Gasteiger partial charge in [-0.2, -0.15) is 0 Å². The minimum atomic E-state index is -0.388. The van der Waals surface area contributed by atoms with E-state index in [2.05, 4.69) is 10.3 Å². The summed E-state index contributed by atoms with van der Waals surface area (Å²) < 4.78 is 0. The van der Waals surface area contributed by atoms with Gasteiger partial charge in [0.25, 0.3) is 0 Å². The van der Waals surface area contributed by atoms with Crippen LogP contribution in [0.1, 0.15) is 36.5 Å². The summed E-state index contributed by atoms with van der Waals surface area (Å²) in [6.07, 6.45) is 1.25. The van der Waals surface area contributed by atoms with Crippen LogP contribution in [0.15, 0.2) is 5.38 Å². The van der Waals surface area contributed by atoms with Crippen LogP contribution in [0.4, 0.5) is 4.79 Å². The summed E-state index contributed by atoms with van der Waals surface area (Å²) in [5.74, 6) is 0.